The Kier molecular flexibility index (Phi) is 5.51. The van der Waals surface area contributed by atoms with E-state index in [-0.39, 0.29) is 11.5 Å². The molecule has 0 aliphatic carbocycles. The van der Waals surface area contributed by atoms with Gasteiger partial charge in [-0.1, -0.05) is 18.2 Å². The third-order valence-corrected chi connectivity index (χ3v) is 4.95. The largest absolute Gasteiger partial charge is 0.491 e. The molecule has 0 aliphatic heterocycles. The number of aryl methyl sites for hydroxylation is 1. The Labute approximate surface area is 152 Å². The standard InChI is InChI=1S/C19H20N2O4S/c20-26(23,24)19-8-5-15-10-18(7-4-16(15)11-19)25-13-17(22)6-3-14-2-1-9-21-12-14/h1-2,4-5,7-12,17,22H,3,6,13H2,(H2,20,23,24)/t17-/m0/s1. The Morgan fingerprint density at radius 2 is 1.88 bits per heavy atom. The zero-order valence-electron chi connectivity index (χ0n) is 14.1. The van der Waals surface area contributed by atoms with Gasteiger partial charge in [-0.05, 0) is 59.5 Å². The van der Waals surface area contributed by atoms with E-state index in [0.717, 1.165) is 22.8 Å². The molecule has 0 aliphatic rings. The van der Waals surface area contributed by atoms with Crippen molar-refractivity contribution in [2.75, 3.05) is 6.61 Å². The summed E-state index contributed by atoms with van der Waals surface area (Å²) >= 11 is 0. The van der Waals surface area contributed by atoms with Gasteiger partial charge in [0.15, 0.2) is 0 Å². The Balaban J connectivity index is 1.60. The lowest BCUT2D eigenvalue weighted by Gasteiger charge is -2.13. The van der Waals surface area contributed by atoms with Crippen molar-refractivity contribution in [1.29, 1.82) is 0 Å². The van der Waals surface area contributed by atoms with E-state index in [0.29, 0.717) is 12.2 Å². The number of hydrogen-bond acceptors (Lipinski definition) is 5. The lowest BCUT2D eigenvalue weighted by atomic mass is 10.1. The summed E-state index contributed by atoms with van der Waals surface area (Å²) in [4.78, 5) is 4.12. The number of rotatable bonds is 7. The van der Waals surface area contributed by atoms with Crippen LogP contribution < -0.4 is 9.88 Å². The molecule has 3 rings (SSSR count). The number of benzene rings is 2. The number of sulfonamides is 1. The van der Waals surface area contributed by atoms with Crippen LogP contribution in [0.2, 0.25) is 0 Å². The highest BCUT2D eigenvalue weighted by Gasteiger charge is 2.10. The van der Waals surface area contributed by atoms with Crippen molar-refractivity contribution in [2.45, 2.75) is 23.8 Å². The number of pyridine rings is 1. The van der Waals surface area contributed by atoms with E-state index in [1.807, 2.05) is 12.1 Å². The number of aliphatic hydroxyl groups excluding tert-OH is 1. The van der Waals surface area contributed by atoms with Crippen LogP contribution in [0.25, 0.3) is 10.8 Å². The predicted octanol–water partition coefficient (Wildman–Crippen LogP) is 2.25. The first kappa shape index (κ1) is 18.3. The van der Waals surface area contributed by atoms with Gasteiger partial charge in [0.25, 0.3) is 0 Å². The second kappa shape index (κ2) is 7.82. The molecule has 3 N–H and O–H groups in total. The molecule has 0 radical (unpaired) electrons. The van der Waals surface area contributed by atoms with E-state index in [4.69, 9.17) is 9.88 Å². The minimum absolute atomic E-state index is 0.0736. The molecule has 136 valence electrons. The van der Waals surface area contributed by atoms with E-state index in [2.05, 4.69) is 4.98 Å². The molecule has 6 nitrogen and oxygen atoms in total. The highest BCUT2D eigenvalue weighted by atomic mass is 32.2. The van der Waals surface area contributed by atoms with Crippen molar-refractivity contribution in [2.24, 2.45) is 5.14 Å². The molecule has 26 heavy (non-hydrogen) atoms. The van der Waals surface area contributed by atoms with Crippen LogP contribution >= 0.6 is 0 Å². The maximum atomic E-state index is 11.4. The number of primary sulfonamides is 1. The smallest absolute Gasteiger partial charge is 0.238 e. The second-order valence-electron chi connectivity index (χ2n) is 6.08. The van der Waals surface area contributed by atoms with Gasteiger partial charge in [0.2, 0.25) is 10.0 Å². The normalized spacial score (nSPS) is 12.8. The molecule has 0 unspecified atom stereocenters. The molecule has 0 saturated heterocycles. The number of ether oxygens (including phenoxy) is 1. The Morgan fingerprint density at radius 3 is 2.62 bits per heavy atom. The molecule has 3 aromatic rings. The van der Waals surface area contributed by atoms with Gasteiger partial charge in [0.1, 0.15) is 12.4 Å². The van der Waals surface area contributed by atoms with Gasteiger partial charge in [-0.25, -0.2) is 13.6 Å². The molecule has 0 saturated carbocycles. The molecule has 1 aromatic heterocycles. The van der Waals surface area contributed by atoms with Gasteiger partial charge in [-0.2, -0.15) is 0 Å². The fourth-order valence-electron chi connectivity index (χ4n) is 2.62. The fraction of sp³-hybridized carbons (Fsp3) is 0.211. The van der Waals surface area contributed by atoms with Crippen LogP contribution in [0.4, 0.5) is 0 Å². The molecular formula is C19H20N2O4S. The van der Waals surface area contributed by atoms with Crippen LogP contribution in [0.5, 0.6) is 5.75 Å². The molecule has 0 bridgehead atoms. The number of fused-ring (bicyclic) bond motifs is 1. The van der Waals surface area contributed by atoms with Crippen LogP contribution in [0, 0.1) is 0 Å². The number of aliphatic hydroxyl groups is 1. The van der Waals surface area contributed by atoms with Gasteiger partial charge < -0.3 is 9.84 Å². The minimum atomic E-state index is -3.72. The summed E-state index contributed by atoms with van der Waals surface area (Å²) in [5.74, 6) is 0.612. The summed E-state index contributed by atoms with van der Waals surface area (Å²) in [6.45, 7) is 0.182. The fourth-order valence-corrected chi connectivity index (χ4v) is 3.17. The van der Waals surface area contributed by atoms with E-state index in [1.54, 1.807) is 36.7 Å². The highest BCUT2D eigenvalue weighted by Crippen LogP contribution is 2.23. The lowest BCUT2D eigenvalue weighted by molar-refractivity contribution is 0.100. The number of nitrogens with zero attached hydrogens (tertiary/aromatic N) is 1. The van der Waals surface area contributed by atoms with Crippen molar-refractivity contribution >= 4 is 20.8 Å². The van der Waals surface area contributed by atoms with Crippen LogP contribution in [0.15, 0.2) is 65.8 Å². The van der Waals surface area contributed by atoms with Gasteiger partial charge in [0, 0.05) is 12.4 Å². The zero-order chi connectivity index (χ0) is 18.6. The van der Waals surface area contributed by atoms with Crippen molar-refractivity contribution in [3.63, 3.8) is 0 Å². The summed E-state index contributed by atoms with van der Waals surface area (Å²) in [7, 11) is -3.72. The number of nitrogens with two attached hydrogens (primary N) is 1. The van der Waals surface area contributed by atoms with Gasteiger partial charge in [0.05, 0.1) is 11.0 Å². The SMILES string of the molecule is NS(=O)(=O)c1ccc2cc(OC[C@@H](O)CCc3cccnc3)ccc2c1. The van der Waals surface area contributed by atoms with Gasteiger partial charge in [-0.15, -0.1) is 0 Å². The minimum Gasteiger partial charge on any atom is -0.491 e. The maximum Gasteiger partial charge on any atom is 0.238 e. The molecule has 1 atom stereocenters. The Morgan fingerprint density at radius 1 is 1.12 bits per heavy atom. The average molecular weight is 372 g/mol. The summed E-state index contributed by atoms with van der Waals surface area (Å²) in [6.07, 6.45) is 4.22. The first-order valence-electron chi connectivity index (χ1n) is 8.18. The van der Waals surface area contributed by atoms with Crippen LogP contribution in [-0.4, -0.2) is 31.2 Å². The quantitative estimate of drug-likeness (QED) is 0.662. The number of aromatic nitrogens is 1. The van der Waals surface area contributed by atoms with Gasteiger partial charge >= 0.3 is 0 Å². The van der Waals surface area contributed by atoms with E-state index >= 15 is 0 Å². The first-order valence-corrected chi connectivity index (χ1v) is 9.73. The van der Waals surface area contributed by atoms with E-state index in [1.165, 1.54) is 12.1 Å². The molecule has 1 heterocycles. The van der Waals surface area contributed by atoms with Crippen molar-refractivity contribution in [1.82, 2.24) is 4.98 Å². The molecule has 0 fully saturated rings. The van der Waals surface area contributed by atoms with E-state index in [9.17, 15) is 13.5 Å². The molecular weight excluding hydrogens is 352 g/mol. The first-order chi connectivity index (χ1) is 12.4. The van der Waals surface area contributed by atoms with Crippen LogP contribution in [0.1, 0.15) is 12.0 Å². The van der Waals surface area contributed by atoms with Crippen molar-refractivity contribution in [3.8, 4) is 5.75 Å². The number of hydrogen-bond donors (Lipinski definition) is 2. The molecule has 0 amide bonds. The zero-order valence-corrected chi connectivity index (χ0v) is 14.9. The molecule has 0 spiro atoms. The van der Waals surface area contributed by atoms with Gasteiger partial charge in [-0.3, -0.25) is 4.98 Å². The maximum absolute atomic E-state index is 11.4. The topological polar surface area (TPSA) is 103 Å². The molecule has 7 heteroatoms. The summed E-state index contributed by atoms with van der Waals surface area (Å²) < 4.78 is 28.5. The summed E-state index contributed by atoms with van der Waals surface area (Å²) in [5, 5.41) is 16.8. The molecule has 2 aromatic carbocycles. The Bertz CT molecular complexity index is 991. The average Bonchev–Trinajstić information content (AvgIpc) is 2.64. The third kappa shape index (κ3) is 4.78. The van der Waals surface area contributed by atoms with Crippen LogP contribution in [-0.2, 0) is 16.4 Å². The second-order valence-corrected chi connectivity index (χ2v) is 7.64. The third-order valence-electron chi connectivity index (χ3n) is 4.04. The monoisotopic (exact) mass is 372 g/mol. The summed E-state index contributed by atoms with van der Waals surface area (Å²) in [6, 6.07) is 13.8. The van der Waals surface area contributed by atoms with Crippen LogP contribution in [0.3, 0.4) is 0 Å². The lowest BCUT2D eigenvalue weighted by Crippen LogP contribution is -2.18. The highest BCUT2D eigenvalue weighted by molar-refractivity contribution is 7.89. The Hall–Kier alpha value is -2.48. The summed E-state index contributed by atoms with van der Waals surface area (Å²) in [5.41, 5.74) is 1.07. The van der Waals surface area contributed by atoms with Crippen molar-refractivity contribution in [3.05, 3.63) is 66.5 Å². The van der Waals surface area contributed by atoms with Crippen molar-refractivity contribution < 1.29 is 18.3 Å². The van der Waals surface area contributed by atoms with E-state index < -0.39 is 16.1 Å². The predicted molar refractivity (Wildman–Crippen MR) is 99.4 cm³/mol.